The molecule has 0 radical (unpaired) electrons. The summed E-state index contributed by atoms with van der Waals surface area (Å²) in [5.74, 6) is 1.89. The number of hydrogen-bond donors (Lipinski definition) is 0. The van der Waals surface area contributed by atoms with Gasteiger partial charge in [0.2, 0.25) is 5.89 Å². The van der Waals surface area contributed by atoms with Gasteiger partial charge in [-0.25, -0.2) is 0 Å². The Morgan fingerprint density at radius 3 is 2.83 bits per heavy atom. The summed E-state index contributed by atoms with van der Waals surface area (Å²) in [6.07, 6.45) is 0. The molecule has 0 bridgehead atoms. The topological polar surface area (TPSA) is 78.3 Å². The second kappa shape index (κ2) is 7.16. The Labute approximate surface area is 174 Å². The van der Waals surface area contributed by atoms with Crippen molar-refractivity contribution in [1.82, 2.24) is 24.8 Å². The third-order valence-corrected chi connectivity index (χ3v) is 6.57. The number of aromatic nitrogens is 5. The molecule has 7 nitrogen and oxygen atoms in total. The standard InChI is InChI=1S/C20H17N5O2S2/c1-11-9-17-21-24-20(25(17)15-10-13(26-3)6-7-14(11)15)29-12(2)18-22-23-19(27-18)16-5-4-8-28-16/h4-10,12H,1-3H3. The van der Waals surface area contributed by atoms with Crippen LogP contribution in [0.3, 0.4) is 0 Å². The van der Waals surface area contributed by atoms with Gasteiger partial charge in [0.15, 0.2) is 10.8 Å². The zero-order valence-corrected chi connectivity index (χ0v) is 17.6. The van der Waals surface area contributed by atoms with Crippen molar-refractivity contribution in [2.75, 3.05) is 7.11 Å². The first-order valence-electron chi connectivity index (χ1n) is 9.00. The van der Waals surface area contributed by atoms with Gasteiger partial charge in [-0.15, -0.1) is 31.7 Å². The van der Waals surface area contributed by atoms with Crippen LogP contribution in [0.5, 0.6) is 5.75 Å². The van der Waals surface area contributed by atoms with Crippen molar-refractivity contribution in [3.8, 4) is 16.5 Å². The molecule has 0 spiro atoms. The molecule has 0 saturated heterocycles. The number of benzene rings is 1. The fraction of sp³-hybridized carbons (Fsp3) is 0.200. The predicted molar refractivity (Wildman–Crippen MR) is 114 cm³/mol. The van der Waals surface area contributed by atoms with Gasteiger partial charge in [-0.2, -0.15) is 0 Å². The first kappa shape index (κ1) is 18.1. The van der Waals surface area contributed by atoms with E-state index in [1.165, 1.54) is 11.8 Å². The van der Waals surface area contributed by atoms with Crippen molar-refractivity contribution in [3.63, 3.8) is 0 Å². The normalized spacial score (nSPS) is 12.7. The molecular formula is C20H17N5O2S2. The third-order valence-electron chi connectivity index (χ3n) is 4.68. The molecule has 0 fully saturated rings. The summed E-state index contributed by atoms with van der Waals surface area (Å²) < 4.78 is 13.4. The molecule has 5 rings (SSSR count). The minimum Gasteiger partial charge on any atom is -0.497 e. The lowest BCUT2D eigenvalue weighted by Gasteiger charge is -2.10. The Bertz CT molecular complexity index is 1310. The average Bonchev–Trinajstić information content (AvgIpc) is 3.48. The lowest BCUT2D eigenvalue weighted by Crippen LogP contribution is -1.96. The summed E-state index contributed by atoms with van der Waals surface area (Å²) in [6.45, 7) is 4.10. The van der Waals surface area contributed by atoms with Crippen LogP contribution in [0.2, 0.25) is 0 Å². The molecule has 4 heterocycles. The van der Waals surface area contributed by atoms with Crippen molar-refractivity contribution >= 4 is 39.6 Å². The fourth-order valence-corrected chi connectivity index (χ4v) is 4.75. The van der Waals surface area contributed by atoms with E-state index >= 15 is 0 Å². The highest BCUT2D eigenvalue weighted by molar-refractivity contribution is 7.99. The van der Waals surface area contributed by atoms with Crippen LogP contribution < -0.4 is 4.74 Å². The maximum absolute atomic E-state index is 5.88. The first-order valence-corrected chi connectivity index (χ1v) is 10.8. The van der Waals surface area contributed by atoms with Crippen LogP contribution >= 0.6 is 23.1 Å². The van der Waals surface area contributed by atoms with E-state index in [4.69, 9.17) is 9.15 Å². The van der Waals surface area contributed by atoms with Crippen LogP contribution in [0.1, 0.15) is 23.6 Å². The number of aryl methyl sites for hydroxylation is 1. The number of fused-ring (bicyclic) bond motifs is 3. The number of methoxy groups -OCH3 is 1. The van der Waals surface area contributed by atoms with Crippen molar-refractivity contribution in [1.29, 1.82) is 0 Å². The average molecular weight is 424 g/mol. The monoisotopic (exact) mass is 423 g/mol. The van der Waals surface area contributed by atoms with Crippen molar-refractivity contribution in [2.45, 2.75) is 24.3 Å². The number of nitrogens with zero attached hydrogens (tertiary/aromatic N) is 5. The summed E-state index contributed by atoms with van der Waals surface area (Å²) in [5.41, 5.74) is 2.94. The van der Waals surface area contributed by atoms with Crippen LogP contribution in [0.15, 0.2) is 51.4 Å². The molecule has 29 heavy (non-hydrogen) atoms. The van der Waals surface area contributed by atoms with Gasteiger partial charge in [-0.3, -0.25) is 4.40 Å². The number of hydrogen-bond acceptors (Lipinski definition) is 8. The highest BCUT2D eigenvalue weighted by Gasteiger charge is 2.20. The zero-order valence-electron chi connectivity index (χ0n) is 16.0. The summed E-state index contributed by atoms with van der Waals surface area (Å²) in [7, 11) is 1.67. The minimum atomic E-state index is -0.0782. The Hall–Kier alpha value is -2.91. The molecule has 5 aromatic rings. The highest BCUT2D eigenvalue weighted by atomic mass is 32.2. The van der Waals surface area contributed by atoms with Crippen LogP contribution in [0.4, 0.5) is 0 Å². The molecule has 0 amide bonds. The first-order chi connectivity index (χ1) is 14.1. The largest absolute Gasteiger partial charge is 0.497 e. The molecule has 1 aromatic carbocycles. The second-order valence-electron chi connectivity index (χ2n) is 6.57. The Balaban J connectivity index is 1.54. The molecule has 0 aliphatic rings. The predicted octanol–water partition coefficient (Wildman–Crippen LogP) is 5.16. The Kier molecular flexibility index (Phi) is 4.48. The molecular weight excluding hydrogens is 406 g/mol. The molecule has 9 heteroatoms. The Morgan fingerprint density at radius 2 is 2.03 bits per heavy atom. The molecule has 4 aromatic heterocycles. The van der Waals surface area contributed by atoms with E-state index in [1.54, 1.807) is 18.4 Å². The SMILES string of the molecule is COc1ccc2c(C)cc3nnc(SC(C)c4nnc(-c5cccs5)o4)n3c2c1. The van der Waals surface area contributed by atoms with Crippen LogP contribution in [-0.4, -0.2) is 31.9 Å². The summed E-state index contributed by atoms with van der Waals surface area (Å²) in [6, 6.07) is 12.0. The molecule has 146 valence electrons. The second-order valence-corrected chi connectivity index (χ2v) is 8.83. The summed E-state index contributed by atoms with van der Waals surface area (Å²) in [4.78, 5) is 0.961. The number of rotatable bonds is 5. The van der Waals surface area contributed by atoms with Crippen molar-refractivity contribution in [3.05, 3.63) is 53.2 Å². The number of thiophene rings is 1. The quantitative estimate of drug-likeness (QED) is 0.361. The van der Waals surface area contributed by atoms with E-state index in [0.29, 0.717) is 11.8 Å². The van der Waals surface area contributed by atoms with E-state index in [9.17, 15) is 0 Å². The maximum atomic E-state index is 5.88. The van der Waals surface area contributed by atoms with E-state index in [0.717, 1.165) is 37.9 Å². The van der Waals surface area contributed by atoms with E-state index in [1.807, 2.05) is 47.0 Å². The van der Waals surface area contributed by atoms with Gasteiger partial charge in [0.05, 0.1) is 22.8 Å². The van der Waals surface area contributed by atoms with Crippen LogP contribution in [0, 0.1) is 6.92 Å². The number of thioether (sulfide) groups is 1. The smallest absolute Gasteiger partial charge is 0.257 e. The molecule has 0 N–H and O–H groups in total. The molecule has 0 aliphatic heterocycles. The summed E-state index contributed by atoms with van der Waals surface area (Å²) >= 11 is 3.11. The summed E-state index contributed by atoms with van der Waals surface area (Å²) in [5, 5.41) is 21.0. The zero-order chi connectivity index (χ0) is 20.0. The highest BCUT2D eigenvalue weighted by Crippen LogP contribution is 2.36. The Morgan fingerprint density at radius 1 is 1.14 bits per heavy atom. The van der Waals surface area contributed by atoms with E-state index in [-0.39, 0.29) is 5.25 Å². The van der Waals surface area contributed by atoms with Crippen molar-refractivity contribution in [2.24, 2.45) is 0 Å². The lowest BCUT2D eigenvalue weighted by atomic mass is 10.1. The molecule has 1 atom stereocenters. The number of pyridine rings is 1. The third kappa shape index (κ3) is 3.16. The molecule has 0 saturated carbocycles. The molecule has 1 unspecified atom stereocenters. The number of ether oxygens (including phenoxy) is 1. The fourth-order valence-electron chi connectivity index (χ4n) is 3.21. The van der Waals surface area contributed by atoms with Gasteiger partial charge < -0.3 is 9.15 Å². The van der Waals surface area contributed by atoms with Crippen LogP contribution in [0.25, 0.3) is 27.3 Å². The maximum Gasteiger partial charge on any atom is 0.257 e. The lowest BCUT2D eigenvalue weighted by molar-refractivity contribution is 0.415. The van der Waals surface area contributed by atoms with Gasteiger partial charge in [0.25, 0.3) is 5.89 Å². The van der Waals surface area contributed by atoms with E-state index < -0.39 is 0 Å². The van der Waals surface area contributed by atoms with E-state index in [2.05, 4.69) is 33.4 Å². The van der Waals surface area contributed by atoms with Gasteiger partial charge in [-0.05, 0) is 49.1 Å². The minimum absolute atomic E-state index is 0.0782. The van der Waals surface area contributed by atoms with Crippen LogP contribution in [-0.2, 0) is 0 Å². The van der Waals surface area contributed by atoms with Crippen molar-refractivity contribution < 1.29 is 9.15 Å². The van der Waals surface area contributed by atoms with Gasteiger partial charge >= 0.3 is 0 Å². The van der Waals surface area contributed by atoms with Gasteiger partial charge in [-0.1, -0.05) is 17.8 Å². The van der Waals surface area contributed by atoms with Gasteiger partial charge in [0.1, 0.15) is 5.75 Å². The van der Waals surface area contributed by atoms with Gasteiger partial charge in [0, 0.05) is 11.5 Å². The molecule has 0 aliphatic carbocycles.